The molecule has 0 radical (unpaired) electrons. The molecule has 0 heterocycles. The Morgan fingerprint density at radius 1 is 1.56 bits per heavy atom. The average Bonchev–Trinajstić information content (AvgIpc) is 2.26. The number of carbonyl (C=O) groups is 1. The summed E-state index contributed by atoms with van der Waals surface area (Å²) >= 11 is 5.49. The SMILES string of the molecule is CCOC(=O)c1ccc(F)cc1C=CCCl. The highest BCUT2D eigenvalue weighted by Gasteiger charge is 2.11. The average molecular weight is 243 g/mol. The van der Waals surface area contributed by atoms with Crippen LogP contribution in [-0.4, -0.2) is 18.5 Å². The van der Waals surface area contributed by atoms with Crippen molar-refractivity contribution in [2.45, 2.75) is 6.92 Å². The molecule has 86 valence electrons. The van der Waals surface area contributed by atoms with Crippen LogP contribution < -0.4 is 0 Å². The molecule has 1 aromatic carbocycles. The third-order valence-corrected chi connectivity index (χ3v) is 2.07. The van der Waals surface area contributed by atoms with Gasteiger partial charge in [0, 0.05) is 5.88 Å². The normalized spacial score (nSPS) is 10.7. The smallest absolute Gasteiger partial charge is 0.338 e. The molecule has 0 saturated carbocycles. The Labute approximate surface area is 98.7 Å². The van der Waals surface area contributed by atoms with Crippen LogP contribution in [0.5, 0.6) is 0 Å². The quantitative estimate of drug-likeness (QED) is 0.598. The van der Waals surface area contributed by atoms with Crippen LogP contribution in [0.3, 0.4) is 0 Å². The monoisotopic (exact) mass is 242 g/mol. The molecular weight excluding hydrogens is 231 g/mol. The van der Waals surface area contributed by atoms with Crippen LogP contribution in [0, 0.1) is 5.82 Å². The molecule has 0 aliphatic heterocycles. The summed E-state index contributed by atoms with van der Waals surface area (Å²) in [7, 11) is 0. The van der Waals surface area contributed by atoms with Crippen LogP contribution in [0.1, 0.15) is 22.8 Å². The van der Waals surface area contributed by atoms with Crippen LogP contribution in [0.15, 0.2) is 24.3 Å². The lowest BCUT2D eigenvalue weighted by molar-refractivity contribution is 0.0526. The molecule has 2 nitrogen and oxygen atoms in total. The van der Waals surface area contributed by atoms with Crippen LogP contribution in [0.25, 0.3) is 6.08 Å². The molecule has 4 heteroatoms. The first-order valence-electron chi connectivity index (χ1n) is 4.88. The summed E-state index contributed by atoms with van der Waals surface area (Å²) < 4.78 is 17.9. The molecule has 0 saturated heterocycles. The van der Waals surface area contributed by atoms with Gasteiger partial charge in [-0.25, -0.2) is 9.18 Å². The highest BCUT2D eigenvalue weighted by Crippen LogP contribution is 2.14. The highest BCUT2D eigenvalue weighted by atomic mass is 35.5. The Bertz CT molecular complexity index is 402. The van der Waals surface area contributed by atoms with E-state index in [-0.39, 0.29) is 6.61 Å². The number of allylic oxidation sites excluding steroid dienone is 1. The van der Waals surface area contributed by atoms with Crippen molar-refractivity contribution in [3.05, 3.63) is 41.2 Å². The van der Waals surface area contributed by atoms with Gasteiger partial charge in [0.25, 0.3) is 0 Å². The first kappa shape index (κ1) is 12.7. The number of hydrogen-bond acceptors (Lipinski definition) is 2. The van der Waals surface area contributed by atoms with Gasteiger partial charge >= 0.3 is 5.97 Å². The fourth-order valence-electron chi connectivity index (χ4n) is 1.24. The lowest BCUT2D eigenvalue weighted by Gasteiger charge is -2.05. The number of halogens is 2. The minimum Gasteiger partial charge on any atom is -0.462 e. The maximum Gasteiger partial charge on any atom is 0.338 e. The summed E-state index contributed by atoms with van der Waals surface area (Å²) in [5, 5.41) is 0. The fraction of sp³-hybridized carbons (Fsp3) is 0.250. The number of alkyl halides is 1. The number of hydrogen-bond donors (Lipinski definition) is 0. The molecule has 1 rings (SSSR count). The van der Waals surface area contributed by atoms with E-state index >= 15 is 0 Å². The summed E-state index contributed by atoms with van der Waals surface area (Å²) in [5.74, 6) is -0.558. The molecule has 0 N–H and O–H groups in total. The number of benzene rings is 1. The summed E-state index contributed by atoms with van der Waals surface area (Å²) in [6.45, 7) is 2.00. The van der Waals surface area contributed by atoms with Gasteiger partial charge in [-0.1, -0.05) is 12.2 Å². The second-order valence-corrected chi connectivity index (χ2v) is 3.32. The second kappa shape index (κ2) is 6.28. The molecule has 0 bridgehead atoms. The zero-order chi connectivity index (χ0) is 12.0. The standard InChI is InChI=1S/C12H12ClFO2/c1-2-16-12(15)11-6-5-10(14)8-9(11)4-3-7-13/h3-6,8H,2,7H2,1H3. The lowest BCUT2D eigenvalue weighted by Crippen LogP contribution is -2.06. The third-order valence-electron chi connectivity index (χ3n) is 1.90. The largest absolute Gasteiger partial charge is 0.462 e. The van der Waals surface area contributed by atoms with E-state index in [4.69, 9.17) is 16.3 Å². The molecule has 16 heavy (non-hydrogen) atoms. The molecule has 0 amide bonds. The number of esters is 1. The van der Waals surface area contributed by atoms with Gasteiger partial charge < -0.3 is 4.74 Å². The molecule has 0 aliphatic carbocycles. The zero-order valence-corrected chi connectivity index (χ0v) is 9.63. The number of rotatable bonds is 4. The predicted octanol–water partition coefficient (Wildman–Crippen LogP) is 3.25. The molecular formula is C12H12ClFO2. The van der Waals surface area contributed by atoms with Crippen LogP contribution in [0.2, 0.25) is 0 Å². The third kappa shape index (κ3) is 3.35. The molecule has 0 atom stereocenters. The van der Waals surface area contributed by atoms with E-state index in [0.29, 0.717) is 17.0 Å². The van der Waals surface area contributed by atoms with Crippen molar-refractivity contribution in [1.29, 1.82) is 0 Å². The first-order valence-corrected chi connectivity index (χ1v) is 5.41. The molecule has 0 aliphatic rings. The maximum atomic E-state index is 13.0. The molecule has 1 aromatic rings. The van der Waals surface area contributed by atoms with Crippen molar-refractivity contribution in [3.8, 4) is 0 Å². The lowest BCUT2D eigenvalue weighted by atomic mass is 10.1. The summed E-state index contributed by atoms with van der Waals surface area (Å²) in [5.41, 5.74) is 0.809. The van der Waals surface area contributed by atoms with Gasteiger partial charge in [0.15, 0.2) is 0 Å². The molecule has 0 unspecified atom stereocenters. The van der Waals surface area contributed by atoms with E-state index in [1.807, 2.05) is 0 Å². The van der Waals surface area contributed by atoms with Crippen LogP contribution in [0.4, 0.5) is 4.39 Å². The van der Waals surface area contributed by atoms with Crippen molar-refractivity contribution in [2.75, 3.05) is 12.5 Å². The predicted molar refractivity (Wildman–Crippen MR) is 62.1 cm³/mol. The van der Waals surface area contributed by atoms with E-state index in [1.54, 1.807) is 19.1 Å². The summed E-state index contributed by atoms with van der Waals surface area (Å²) in [6, 6.07) is 3.90. The highest BCUT2D eigenvalue weighted by molar-refractivity contribution is 6.19. The number of ether oxygens (including phenoxy) is 1. The zero-order valence-electron chi connectivity index (χ0n) is 8.87. The van der Waals surface area contributed by atoms with E-state index in [0.717, 1.165) is 0 Å². The Hall–Kier alpha value is -1.35. The first-order chi connectivity index (χ1) is 7.69. The van der Waals surface area contributed by atoms with Crippen molar-refractivity contribution in [3.63, 3.8) is 0 Å². The van der Waals surface area contributed by atoms with E-state index in [9.17, 15) is 9.18 Å². The van der Waals surface area contributed by atoms with Crippen LogP contribution >= 0.6 is 11.6 Å². The van der Waals surface area contributed by atoms with E-state index < -0.39 is 11.8 Å². The maximum absolute atomic E-state index is 13.0. The van der Waals surface area contributed by atoms with Gasteiger partial charge in [-0.05, 0) is 30.7 Å². The van der Waals surface area contributed by atoms with Gasteiger partial charge in [0.2, 0.25) is 0 Å². The number of carbonyl (C=O) groups excluding carboxylic acids is 1. The summed E-state index contributed by atoms with van der Waals surface area (Å²) in [4.78, 5) is 11.5. The fourth-order valence-corrected chi connectivity index (χ4v) is 1.33. The molecule has 0 spiro atoms. The van der Waals surface area contributed by atoms with Gasteiger partial charge in [-0.2, -0.15) is 0 Å². The van der Waals surface area contributed by atoms with Crippen molar-refractivity contribution >= 4 is 23.6 Å². The van der Waals surface area contributed by atoms with Crippen LogP contribution in [-0.2, 0) is 4.74 Å². The second-order valence-electron chi connectivity index (χ2n) is 3.01. The van der Waals surface area contributed by atoms with E-state index in [1.165, 1.54) is 18.2 Å². The van der Waals surface area contributed by atoms with Crippen molar-refractivity contribution in [1.82, 2.24) is 0 Å². The summed E-state index contributed by atoms with van der Waals surface area (Å²) in [6.07, 6.45) is 3.24. The minimum atomic E-state index is -0.461. The Morgan fingerprint density at radius 3 is 2.94 bits per heavy atom. The van der Waals surface area contributed by atoms with Gasteiger partial charge in [0.1, 0.15) is 5.82 Å². The molecule has 0 aromatic heterocycles. The Kier molecular flexibility index (Phi) is 4.99. The Morgan fingerprint density at radius 2 is 2.31 bits per heavy atom. The van der Waals surface area contributed by atoms with Gasteiger partial charge in [-0.15, -0.1) is 11.6 Å². The van der Waals surface area contributed by atoms with Gasteiger partial charge in [0.05, 0.1) is 12.2 Å². The molecule has 0 fully saturated rings. The van der Waals surface area contributed by atoms with Crippen molar-refractivity contribution in [2.24, 2.45) is 0 Å². The van der Waals surface area contributed by atoms with E-state index in [2.05, 4.69) is 0 Å². The minimum absolute atomic E-state index is 0.287. The topological polar surface area (TPSA) is 26.3 Å². The van der Waals surface area contributed by atoms with Gasteiger partial charge in [-0.3, -0.25) is 0 Å². The Balaban J connectivity index is 3.06. The van der Waals surface area contributed by atoms with Crippen molar-refractivity contribution < 1.29 is 13.9 Å².